The van der Waals surface area contributed by atoms with Gasteiger partial charge in [0.15, 0.2) is 0 Å². The molecule has 1 aromatic rings. The number of halogens is 5. The number of hydrogen-bond donors (Lipinski definition) is 1. The van der Waals surface area contributed by atoms with Crippen molar-refractivity contribution in [3.8, 4) is 5.75 Å². The molecule has 0 radical (unpaired) electrons. The molecule has 0 atom stereocenters. The third-order valence-electron chi connectivity index (χ3n) is 1.81. The first kappa shape index (κ1) is 14.9. The molecule has 0 spiro atoms. The molecule has 0 aromatic carbocycles. The van der Waals surface area contributed by atoms with Crippen molar-refractivity contribution < 1.29 is 32.2 Å². The van der Waals surface area contributed by atoms with Crippen molar-refractivity contribution in [1.29, 1.82) is 0 Å². The van der Waals surface area contributed by atoms with Crippen LogP contribution in [0.15, 0.2) is 6.20 Å². The first-order chi connectivity index (χ1) is 8.24. The molecule has 100 valence electrons. The van der Waals surface area contributed by atoms with Crippen molar-refractivity contribution in [2.75, 3.05) is 0 Å². The molecular formula is C9H6F4INO3. The second kappa shape index (κ2) is 5.67. The largest absolute Gasteiger partial charge is 0.573 e. The van der Waals surface area contributed by atoms with Crippen molar-refractivity contribution in [3.63, 3.8) is 0 Å². The first-order valence-electron chi connectivity index (χ1n) is 4.44. The number of aliphatic carboxylic acids is 1. The number of rotatable bonds is 4. The summed E-state index contributed by atoms with van der Waals surface area (Å²) in [6, 6.07) is 0. The standard InChI is InChI=1S/C9H6F4INO3/c10-2-5-7(14)8(18-9(11,12)13)4(3-15-5)1-6(16)17/h3H,1-2H2,(H,16,17). The van der Waals surface area contributed by atoms with E-state index in [0.717, 1.165) is 6.20 Å². The lowest BCUT2D eigenvalue weighted by atomic mass is 10.2. The van der Waals surface area contributed by atoms with Crippen LogP contribution in [0.2, 0.25) is 0 Å². The molecular weight excluding hydrogens is 373 g/mol. The van der Waals surface area contributed by atoms with Gasteiger partial charge in [0.25, 0.3) is 0 Å². The molecule has 1 N–H and O–H groups in total. The van der Waals surface area contributed by atoms with Crippen molar-refractivity contribution >= 4 is 28.6 Å². The number of aromatic nitrogens is 1. The Kier molecular flexibility index (Phi) is 4.71. The van der Waals surface area contributed by atoms with E-state index in [1.165, 1.54) is 22.6 Å². The van der Waals surface area contributed by atoms with Gasteiger partial charge in [0.2, 0.25) is 0 Å². The summed E-state index contributed by atoms with van der Waals surface area (Å²) in [6.45, 7) is -1.07. The van der Waals surface area contributed by atoms with Crippen LogP contribution in [0.5, 0.6) is 5.75 Å². The second-order valence-electron chi connectivity index (χ2n) is 3.13. The van der Waals surface area contributed by atoms with E-state index in [1.54, 1.807) is 0 Å². The minimum Gasteiger partial charge on any atom is -0.481 e. The number of hydrogen-bond acceptors (Lipinski definition) is 3. The zero-order valence-electron chi connectivity index (χ0n) is 8.59. The van der Waals surface area contributed by atoms with Crippen LogP contribution in [-0.4, -0.2) is 22.4 Å². The van der Waals surface area contributed by atoms with Crippen LogP contribution in [0, 0.1) is 3.57 Å². The van der Waals surface area contributed by atoms with E-state index < -0.39 is 31.2 Å². The van der Waals surface area contributed by atoms with E-state index in [-0.39, 0.29) is 14.8 Å². The van der Waals surface area contributed by atoms with Gasteiger partial charge in [-0.2, -0.15) is 0 Å². The van der Waals surface area contributed by atoms with E-state index in [2.05, 4.69) is 9.72 Å². The highest BCUT2D eigenvalue weighted by atomic mass is 127. The third-order valence-corrected chi connectivity index (χ3v) is 2.92. The molecule has 1 aromatic heterocycles. The van der Waals surface area contributed by atoms with E-state index in [1.807, 2.05) is 0 Å². The number of alkyl halides is 4. The van der Waals surface area contributed by atoms with Gasteiger partial charge in [0.1, 0.15) is 12.4 Å². The average molecular weight is 379 g/mol. The Balaban J connectivity index is 3.26. The van der Waals surface area contributed by atoms with Gasteiger partial charge < -0.3 is 9.84 Å². The van der Waals surface area contributed by atoms with E-state index in [9.17, 15) is 22.4 Å². The summed E-state index contributed by atoms with van der Waals surface area (Å²) in [5.74, 6) is -2.05. The lowest BCUT2D eigenvalue weighted by Gasteiger charge is -2.15. The van der Waals surface area contributed by atoms with Gasteiger partial charge in [-0.15, -0.1) is 13.2 Å². The fourth-order valence-corrected chi connectivity index (χ4v) is 1.89. The Morgan fingerprint density at radius 1 is 1.50 bits per heavy atom. The average Bonchev–Trinajstić information content (AvgIpc) is 2.21. The highest BCUT2D eigenvalue weighted by Gasteiger charge is 2.34. The summed E-state index contributed by atoms with van der Waals surface area (Å²) in [4.78, 5) is 14.1. The van der Waals surface area contributed by atoms with Crippen molar-refractivity contribution in [1.82, 2.24) is 4.98 Å². The minimum absolute atomic E-state index is 0.189. The zero-order valence-corrected chi connectivity index (χ0v) is 10.7. The molecule has 0 bridgehead atoms. The van der Waals surface area contributed by atoms with Crippen LogP contribution in [0.1, 0.15) is 11.3 Å². The predicted molar refractivity (Wildman–Crippen MR) is 59.8 cm³/mol. The van der Waals surface area contributed by atoms with Gasteiger partial charge in [-0.1, -0.05) is 0 Å². The Labute approximate surface area is 112 Å². The van der Waals surface area contributed by atoms with Crippen molar-refractivity contribution in [2.24, 2.45) is 0 Å². The molecule has 0 aliphatic rings. The maximum atomic E-state index is 12.5. The molecule has 0 unspecified atom stereocenters. The normalized spacial score (nSPS) is 11.4. The van der Waals surface area contributed by atoms with Crippen LogP contribution in [0.4, 0.5) is 17.6 Å². The summed E-state index contributed by atoms with van der Waals surface area (Å²) in [6.07, 6.45) is -4.81. The van der Waals surface area contributed by atoms with Gasteiger partial charge in [-0.05, 0) is 22.6 Å². The summed E-state index contributed by atoms with van der Waals surface area (Å²) in [5.41, 5.74) is -0.495. The van der Waals surface area contributed by atoms with Gasteiger partial charge in [0, 0.05) is 11.8 Å². The van der Waals surface area contributed by atoms with Crippen LogP contribution in [0.25, 0.3) is 0 Å². The highest BCUT2D eigenvalue weighted by Crippen LogP contribution is 2.33. The van der Waals surface area contributed by atoms with Gasteiger partial charge in [-0.3, -0.25) is 9.78 Å². The van der Waals surface area contributed by atoms with Crippen molar-refractivity contribution in [2.45, 2.75) is 19.5 Å². The zero-order chi connectivity index (χ0) is 13.9. The van der Waals surface area contributed by atoms with E-state index in [4.69, 9.17) is 5.11 Å². The number of nitrogens with zero attached hydrogens (tertiary/aromatic N) is 1. The van der Waals surface area contributed by atoms with Gasteiger partial charge >= 0.3 is 12.3 Å². The van der Waals surface area contributed by atoms with Crippen LogP contribution >= 0.6 is 22.6 Å². The molecule has 0 saturated heterocycles. The molecule has 4 nitrogen and oxygen atoms in total. The summed E-state index contributed by atoms with van der Waals surface area (Å²) >= 11 is 1.43. The maximum absolute atomic E-state index is 12.5. The molecule has 1 rings (SSSR count). The maximum Gasteiger partial charge on any atom is 0.573 e. The van der Waals surface area contributed by atoms with Crippen LogP contribution < -0.4 is 4.74 Å². The summed E-state index contributed by atoms with van der Waals surface area (Å²) in [7, 11) is 0. The Morgan fingerprint density at radius 3 is 2.56 bits per heavy atom. The molecule has 0 aliphatic carbocycles. The van der Waals surface area contributed by atoms with E-state index >= 15 is 0 Å². The highest BCUT2D eigenvalue weighted by molar-refractivity contribution is 14.1. The summed E-state index contributed by atoms with van der Waals surface area (Å²) < 4.78 is 52.6. The van der Waals surface area contributed by atoms with Crippen LogP contribution in [-0.2, 0) is 17.9 Å². The molecule has 0 saturated carbocycles. The van der Waals surface area contributed by atoms with Gasteiger partial charge in [-0.25, -0.2) is 4.39 Å². The molecule has 9 heteroatoms. The first-order valence-corrected chi connectivity index (χ1v) is 5.52. The number of ether oxygens (including phenoxy) is 1. The number of carbonyl (C=O) groups is 1. The smallest absolute Gasteiger partial charge is 0.481 e. The third kappa shape index (κ3) is 3.96. The SMILES string of the molecule is O=C(O)Cc1cnc(CF)c(I)c1OC(F)(F)F. The Bertz CT molecular complexity index is 464. The fraction of sp³-hybridized carbons (Fsp3) is 0.333. The number of carboxylic acids is 1. The number of carboxylic acid groups (broad SMARTS) is 1. The Morgan fingerprint density at radius 2 is 2.11 bits per heavy atom. The van der Waals surface area contributed by atoms with Crippen molar-refractivity contribution in [3.05, 3.63) is 21.0 Å². The lowest BCUT2D eigenvalue weighted by molar-refractivity contribution is -0.275. The molecule has 1 heterocycles. The molecule has 0 fully saturated rings. The summed E-state index contributed by atoms with van der Waals surface area (Å²) in [5, 5.41) is 8.57. The Hall–Kier alpha value is -1.13. The quantitative estimate of drug-likeness (QED) is 0.646. The predicted octanol–water partition coefficient (Wildman–Crippen LogP) is 2.68. The molecule has 18 heavy (non-hydrogen) atoms. The van der Waals surface area contributed by atoms with Gasteiger partial charge in [0.05, 0.1) is 15.7 Å². The number of pyridine rings is 1. The molecule has 0 amide bonds. The van der Waals surface area contributed by atoms with Crippen LogP contribution in [0.3, 0.4) is 0 Å². The second-order valence-corrected chi connectivity index (χ2v) is 4.20. The molecule has 0 aliphatic heterocycles. The topological polar surface area (TPSA) is 59.4 Å². The fourth-order valence-electron chi connectivity index (χ4n) is 1.15. The monoisotopic (exact) mass is 379 g/mol. The lowest BCUT2D eigenvalue weighted by Crippen LogP contribution is -2.20. The van der Waals surface area contributed by atoms with E-state index in [0.29, 0.717) is 0 Å². The minimum atomic E-state index is -4.98.